The molecule has 0 aromatic rings. The highest BCUT2D eigenvalue weighted by atomic mass is 16.7. The Labute approximate surface area is 476 Å². The quantitative estimate of drug-likeness (QED) is 0.0279. The van der Waals surface area contributed by atoms with Crippen LogP contribution in [0.4, 0.5) is 0 Å². The van der Waals surface area contributed by atoms with Crippen molar-refractivity contribution in [2.75, 3.05) is 40.1 Å². The molecule has 8 aliphatic heterocycles. The number of carbonyl (C=O) groups excluding carboxylic acids is 4. The van der Waals surface area contributed by atoms with E-state index in [0.717, 1.165) is 77.2 Å². The summed E-state index contributed by atoms with van der Waals surface area (Å²) < 4.78 is 59.5. The number of ether oxygens (including phenoxy) is 10. The highest BCUT2D eigenvalue weighted by Gasteiger charge is 2.61. The van der Waals surface area contributed by atoms with Crippen molar-refractivity contribution in [2.24, 2.45) is 41.4 Å². The first-order chi connectivity index (χ1) is 37.8. The fraction of sp³-hybridized carbons (Fsp3) is 0.815. The van der Waals surface area contributed by atoms with Crippen LogP contribution in [0.1, 0.15) is 187 Å². The van der Waals surface area contributed by atoms with Crippen molar-refractivity contribution in [2.45, 2.75) is 258 Å². The van der Waals surface area contributed by atoms with Crippen molar-refractivity contribution in [3.05, 3.63) is 48.6 Å². The molecule has 8 bridgehead atoms. The van der Waals surface area contributed by atoms with Crippen LogP contribution in [0.25, 0.3) is 0 Å². The first-order valence-corrected chi connectivity index (χ1v) is 30.9. The first kappa shape index (κ1) is 66.9. The van der Waals surface area contributed by atoms with Crippen LogP contribution in [0.3, 0.4) is 0 Å². The summed E-state index contributed by atoms with van der Waals surface area (Å²) in [6, 6.07) is 0. The van der Waals surface area contributed by atoms with Gasteiger partial charge in [0.25, 0.3) is 0 Å². The van der Waals surface area contributed by atoms with Crippen LogP contribution < -0.4 is 0 Å². The molecule has 0 amide bonds. The van der Waals surface area contributed by atoms with E-state index in [2.05, 4.69) is 66.7 Å². The van der Waals surface area contributed by atoms with E-state index in [0.29, 0.717) is 50.6 Å². The van der Waals surface area contributed by atoms with Gasteiger partial charge in [0.2, 0.25) is 0 Å². The third-order valence-corrected chi connectivity index (χ3v) is 18.7. The number of unbranched alkanes of at least 4 members (excludes halogenated alkanes) is 2. The average Bonchev–Trinajstić information content (AvgIpc) is 4.53. The van der Waals surface area contributed by atoms with Gasteiger partial charge in [-0.05, 0) is 111 Å². The second-order valence-electron chi connectivity index (χ2n) is 23.7. The van der Waals surface area contributed by atoms with Gasteiger partial charge in [0.15, 0.2) is 11.9 Å². The van der Waals surface area contributed by atoms with E-state index in [1.165, 1.54) is 12.8 Å². The molecule has 4 saturated heterocycles. The minimum Gasteiger partial charge on any atom is -0.465 e. The Bertz CT molecular complexity index is 2030. The van der Waals surface area contributed by atoms with Crippen molar-refractivity contribution in [3.8, 4) is 0 Å². The Hall–Kier alpha value is -2.92. The van der Waals surface area contributed by atoms with E-state index < -0.39 is 28.7 Å². The lowest BCUT2D eigenvalue weighted by Crippen LogP contribution is -2.51. The van der Waals surface area contributed by atoms with Crippen LogP contribution in [0.2, 0.25) is 0 Å². The predicted molar refractivity (Wildman–Crippen MR) is 307 cm³/mol. The molecule has 0 aromatic heterocycles. The lowest BCUT2D eigenvalue weighted by Gasteiger charge is -2.37. The fourth-order valence-corrected chi connectivity index (χ4v) is 13.0. The Morgan fingerprint density at radius 1 is 0.481 bits per heavy atom. The minimum atomic E-state index is -0.884. The number of esters is 1. The van der Waals surface area contributed by atoms with Crippen molar-refractivity contribution in [1.29, 1.82) is 0 Å². The molecule has 4 fully saturated rings. The zero-order valence-electron chi connectivity index (χ0n) is 51.4. The molecule has 0 radical (unpaired) electrons. The van der Waals surface area contributed by atoms with E-state index in [1.807, 2.05) is 58.1 Å². The summed E-state index contributed by atoms with van der Waals surface area (Å²) >= 11 is 0. The molecule has 14 nitrogen and oxygen atoms in total. The van der Waals surface area contributed by atoms with Crippen LogP contribution in [0.15, 0.2) is 48.6 Å². The molecule has 8 heterocycles. The van der Waals surface area contributed by atoms with Crippen LogP contribution in [-0.4, -0.2) is 135 Å². The van der Waals surface area contributed by atoms with Gasteiger partial charge in [-0.25, -0.2) is 0 Å². The maximum absolute atomic E-state index is 13.3. The van der Waals surface area contributed by atoms with Crippen molar-refractivity contribution in [1.82, 2.24) is 0 Å². The highest BCUT2D eigenvalue weighted by molar-refractivity contribution is 5.82. The van der Waals surface area contributed by atoms with Crippen LogP contribution in [-0.2, 0) is 66.5 Å². The second-order valence-corrected chi connectivity index (χ2v) is 23.7. The van der Waals surface area contributed by atoms with E-state index in [4.69, 9.17) is 47.4 Å². The van der Waals surface area contributed by atoms with Gasteiger partial charge in [0.05, 0.1) is 86.2 Å². The van der Waals surface area contributed by atoms with Crippen molar-refractivity contribution in [3.63, 3.8) is 0 Å². The molecule has 14 heteroatoms. The molecule has 0 N–H and O–H groups in total. The molecular weight excluding hydrogens is 1000 g/mol. The molecule has 450 valence electrons. The van der Waals surface area contributed by atoms with Gasteiger partial charge in [-0.1, -0.05) is 142 Å². The molecule has 0 saturated carbocycles. The van der Waals surface area contributed by atoms with Crippen molar-refractivity contribution >= 4 is 23.3 Å². The predicted octanol–water partition coefficient (Wildman–Crippen LogP) is 12.2. The number of fused-ring (bicyclic) bond motifs is 8. The molecule has 16 atom stereocenters. The standard InChI is InChI=1S/C28H50O5.C14H22O3.C12H18O3.C11H16O3/c1-7-13-14-23(12-6)20-30-26(29)25-17-24-15-16-28(25,33-24)27(31-18-21(8-2)9-3)32-19-22(10-4)11-5;1-4-5-8-16-11(3)14-7-6-12(17-14)9-13(14)10(2)15;1-4-14-9(3)12-6-5-10(15-12)7-11(12)8(2)13;1-7(12)10-6-9-4-5-11(10,14-9)8(2)13-3/h15-16,21-25,27H,7-14,17-20H2,1-6H3;6-7,11-13H,4-5,8-9H2,1-3H3;5-6,9-11H,4,7H2,1-3H3;4-5,8-10H,6H2,1-3H3. The van der Waals surface area contributed by atoms with E-state index in [9.17, 15) is 19.2 Å². The van der Waals surface area contributed by atoms with Gasteiger partial charge in [0.1, 0.15) is 34.2 Å². The molecule has 0 aliphatic carbocycles. The molecule has 0 aromatic carbocycles. The van der Waals surface area contributed by atoms with E-state index in [1.54, 1.807) is 27.9 Å². The Morgan fingerprint density at radius 3 is 1.22 bits per heavy atom. The largest absolute Gasteiger partial charge is 0.465 e. The van der Waals surface area contributed by atoms with Gasteiger partial charge < -0.3 is 47.4 Å². The molecular formula is C65H106O14. The number of rotatable bonds is 31. The number of carbonyl (C=O) groups is 4. The van der Waals surface area contributed by atoms with Crippen molar-refractivity contribution < 1.29 is 66.5 Å². The zero-order chi connectivity index (χ0) is 58.1. The van der Waals surface area contributed by atoms with Gasteiger partial charge in [-0.3, -0.25) is 19.2 Å². The summed E-state index contributed by atoms with van der Waals surface area (Å²) in [5.41, 5.74) is -2.37. The van der Waals surface area contributed by atoms with Gasteiger partial charge >= 0.3 is 5.97 Å². The Balaban J connectivity index is 0.000000209. The number of ketones is 3. The lowest BCUT2D eigenvalue weighted by atomic mass is 9.77. The van der Waals surface area contributed by atoms with E-state index >= 15 is 0 Å². The molecule has 79 heavy (non-hydrogen) atoms. The van der Waals surface area contributed by atoms with Crippen LogP contribution in [0, 0.1) is 41.4 Å². The summed E-state index contributed by atoms with van der Waals surface area (Å²) in [5, 5.41) is 0. The Kier molecular flexibility index (Phi) is 26.3. The minimum absolute atomic E-state index is 0.0332. The summed E-state index contributed by atoms with van der Waals surface area (Å²) in [4.78, 5) is 48.1. The number of methoxy groups -OCH3 is 1. The second kappa shape index (κ2) is 31.1. The highest BCUT2D eigenvalue weighted by Crippen LogP contribution is 2.50. The van der Waals surface area contributed by atoms with E-state index in [-0.39, 0.29) is 89.7 Å². The zero-order valence-corrected chi connectivity index (χ0v) is 51.4. The van der Waals surface area contributed by atoms with Crippen LogP contribution in [0.5, 0.6) is 0 Å². The fourth-order valence-electron chi connectivity index (χ4n) is 13.0. The molecule has 0 spiro atoms. The molecule has 8 rings (SSSR count). The normalized spacial score (nSPS) is 33.2. The summed E-state index contributed by atoms with van der Waals surface area (Å²) in [6.45, 7) is 31.2. The van der Waals surface area contributed by atoms with Crippen LogP contribution >= 0.6 is 0 Å². The number of hydrogen-bond acceptors (Lipinski definition) is 14. The molecule has 8 aliphatic rings. The SMILES string of the molecule is CCCCC(CC)COC(=O)C1CC2C=CC1(C(OCC(CC)CC)OCC(CC)CC)O2.CCCCOC(C)C12C=CC(CC1C(C)=O)O2.CCOC(C)C12C=CC(CC1C(C)=O)O2.COC(C)C12C=CC(CC1C(C)=O)O2. The topological polar surface area (TPSA) is 161 Å². The average molecular weight is 1110 g/mol. The van der Waals surface area contributed by atoms with Gasteiger partial charge in [-0.2, -0.15) is 0 Å². The maximum Gasteiger partial charge on any atom is 0.312 e. The smallest absolute Gasteiger partial charge is 0.312 e. The maximum atomic E-state index is 13.3. The Morgan fingerprint density at radius 2 is 0.861 bits per heavy atom. The third-order valence-electron chi connectivity index (χ3n) is 18.7. The van der Waals surface area contributed by atoms with Gasteiger partial charge in [0, 0.05) is 20.3 Å². The molecule has 16 unspecified atom stereocenters. The first-order valence-electron chi connectivity index (χ1n) is 30.9. The number of hydrogen-bond donors (Lipinski definition) is 0. The van der Waals surface area contributed by atoms with Gasteiger partial charge in [-0.15, -0.1) is 0 Å². The number of Topliss-reactive ketones (excluding diaryl/α,β-unsaturated/α-hetero) is 3. The summed E-state index contributed by atoms with van der Waals surface area (Å²) in [7, 11) is 1.65. The monoisotopic (exact) mass is 1110 g/mol. The summed E-state index contributed by atoms with van der Waals surface area (Å²) in [6.07, 6.45) is 29.8. The lowest BCUT2D eigenvalue weighted by molar-refractivity contribution is -0.244. The third kappa shape index (κ3) is 15.6. The summed E-state index contributed by atoms with van der Waals surface area (Å²) in [5.74, 6) is 1.32.